The number of anilines is 1. The van der Waals surface area contributed by atoms with E-state index in [2.05, 4.69) is 9.97 Å². The molecule has 2 aromatic heterocycles. The summed E-state index contributed by atoms with van der Waals surface area (Å²) in [5.74, 6) is 0.0504. The summed E-state index contributed by atoms with van der Waals surface area (Å²) in [6, 6.07) is 1.89. The second-order valence-electron chi connectivity index (χ2n) is 3.67. The van der Waals surface area contributed by atoms with Crippen molar-refractivity contribution in [2.24, 2.45) is 0 Å². The molecule has 0 amide bonds. The Balaban J connectivity index is 2.22. The molecule has 0 saturated carbocycles. The fourth-order valence-corrected chi connectivity index (χ4v) is 3.07. The molecule has 18 heavy (non-hydrogen) atoms. The number of aromatic nitrogens is 2. The zero-order valence-corrected chi connectivity index (χ0v) is 11.3. The molecule has 8 heteroatoms. The first-order valence-corrected chi connectivity index (χ1v) is 7.43. The second kappa shape index (κ2) is 5.01. The number of thiophene rings is 1. The normalized spacial score (nSPS) is 11.9. The van der Waals surface area contributed by atoms with Crippen LogP contribution in [0.1, 0.15) is 5.56 Å². The molecular formula is C10H12N4O2S2. The van der Waals surface area contributed by atoms with E-state index in [4.69, 9.17) is 5.73 Å². The van der Waals surface area contributed by atoms with Crippen LogP contribution in [0.2, 0.25) is 0 Å². The predicted octanol–water partition coefficient (Wildman–Crippen LogP) is 0.941. The van der Waals surface area contributed by atoms with Crippen molar-refractivity contribution >= 4 is 27.3 Å². The summed E-state index contributed by atoms with van der Waals surface area (Å²) in [6.07, 6.45) is 2.42. The van der Waals surface area contributed by atoms with Crippen molar-refractivity contribution in [2.75, 3.05) is 12.8 Å². The van der Waals surface area contributed by atoms with Gasteiger partial charge in [0.15, 0.2) is 0 Å². The molecule has 0 saturated heterocycles. The highest BCUT2D eigenvalue weighted by Crippen LogP contribution is 2.16. The average molecular weight is 284 g/mol. The number of nitrogens with zero attached hydrogens (tertiary/aromatic N) is 3. The van der Waals surface area contributed by atoms with Crippen LogP contribution < -0.4 is 5.73 Å². The standard InChI is InChI=1S/C10H12N4O2S2/c1-14(6-8-2-3-17-7-8)18(15,16)9-4-12-10(11)13-5-9/h2-5,7H,6H2,1H3,(H2,11,12,13). The van der Waals surface area contributed by atoms with Crippen molar-refractivity contribution in [2.45, 2.75) is 11.4 Å². The van der Waals surface area contributed by atoms with Gasteiger partial charge in [0.05, 0.1) is 12.4 Å². The third kappa shape index (κ3) is 2.66. The van der Waals surface area contributed by atoms with Crippen LogP contribution in [0.5, 0.6) is 0 Å². The zero-order chi connectivity index (χ0) is 13.2. The summed E-state index contributed by atoms with van der Waals surface area (Å²) >= 11 is 1.53. The van der Waals surface area contributed by atoms with Crippen molar-refractivity contribution in [3.05, 3.63) is 34.8 Å². The minimum Gasteiger partial charge on any atom is -0.368 e. The van der Waals surface area contributed by atoms with Gasteiger partial charge in [-0.2, -0.15) is 15.6 Å². The van der Waals surface area contributed by atoms with Crippen LogP contribution in [-0.2, 0) is 16.6 Å². The van der Waals surface area contributed by atoms with Crippen LogP contribution in [0.25, 0.3) is 0 Å². The van der Waals surface area contributed by atoms with Gasteiger partial charge < -0.3 is 5.73 Å². The molecular weight excluding hydrogens is 272 g/mol. The van der Waals surface area contributed by atoms with E-state index >= 15 is 0 Å². The molecule has 96 valence electrons. The number of nitrogens with two attached hydrogens (primary N) is 1. The maximum absolute atomic E-state index is 12.2. The van der Waals surface area contributed by atoms with Gasteiger partial charge in [-0.25, -0.2) is 18.4 Å². The highest BCUT2D eigenvalue weighted by Gasteiger charge is 2.21. The van der Waals surface area contributed by atoms with Gasteiger partial charge in [0.25, 0.3) is 0 Å². The van der Waals surface area contributed by atoms with E-state index < -0.39 is 10.0 Å². The summed E-state index contributed by atoms with van der Waals surface area (Å²) in [6.45, 7) is 0.316. The lowest BCUT2D eigenvalue weighted by Gasteiger charge is -2.15. The summed E-state index contributed by atoms with van der Waals surface area (Å²) < 4.78 is 25.6. The van der Waals surface area contributed by atoms with Gasteiger partial charge in [-0.3, -0.25) is 0 Å². The van der Waals surface area contributed by atoms with Crippen LogP contribution in [0.15, 0.2) is 34.1 Å². The molecule has 2 rings (SSSR count). The molecule has 0 spiro atoms. The Kier molecular flexibility index (Phi) is 3.60. The van der Waals surface area contributed by atoms with Gasteiger partial charge in [0, 0.05) is 13.6 Å². The third-order valence-electron chi connectivity index (χ3n) is 2.34. The molecule has 2 heterocycles. The molecule has 0 aromatic carbocycles. The summed E-state index contributed by atoms with van der Waals surface area (Å²) in [5, 5.41) is 3.81. The lowest BCUT2D eigenvalue weighted by molar-refractivity contribution is 0.466. The Hall–Kier alpha value is -1.51. The Morgan fingerprint density at radius 1 is 1.39 bits per heavy atom. The van der Waals surface area contributed by atoms with Crippen molar-refractivity contribution in [3.8, 4) is 0 Å². The summed E-state index contributed by atoms with van der Waals surface area (Å²) in [7, 11) is -2.06. The molecule has 0 unspecified atom stereocenters. The van der Waals surface area contributed by atoms with E-state index in [-0.39, 0.29) is 10.8 Å². The number of hydrogen-bond acceptors (Lipinski definition) is 6. The number of hydrogen-bond donors (Lipinski definition) is 1. The van der Waals surface area contributed by atoms with Crippen LogP contribution in [-0.4, -0.2) is 29.7 Å². The van der Waals surface area contributed by atoms with E-state index in [9.17, 15) is 8.42 Å². The van der Waals surface area contributed by atoms with Crippen LogP contribution in [0.3, 0.4) is 0 Å². The topological polar surface area (TPSA) is 89.2 Å². The highest BCUT2D eigenvalue weighted by atomic mass is 32.2. The lowest BCUT2D eigenvalue weighted by Crippen LogP contribution is -2.26. The van der Waals surface area contributed by atoms with Crippen molar-refractivity contribution in [3.63, 3.8) is 0 Å². The van der Waals surface area contributed by atoms with Crippen molar-refractivity contribution in [1.29, 1.82) is 0 Å². The van der Waals surface area contributed by atoms with Crippen LogP contribution in [0, 0.1) is 0 Å². The Morgan fingerprint density at radius 2 is 2.06 bits per heavy atom. The fourth-order valence-electron chi connectivity index (χ4n) is 1.36. The molecule has 0 fully saturated rings. The monoisotopic (exact) mass is 284 g/mol. The molecule has 2 aromatic rings. The first-order chi connectivity index (χ1) is 8.50. The van der Waals surface area contributed by atoms with Gasteiger partial charge in [-0.15, -0.1) is 0 Å². The van der Waals surface area contributed by atoms with E-state index in [0.29, 0.717) is 6.54 Å². The molecule has 0 radical (unpaired) electrons. The molecule has 0 atom stereocenters. The smallest absolute Gasteiger partial charge is 0.246 e. The number of nitrogen functional groups attached to an aromatic ring is 1. The third-order valence-corrected chi connectivity index (χ3v) is 4.83. The maximum Gasteiger partial charge on any atom is 0.246 e. The van der Waals surface area contributed by atoms with Crippen molar-refractivity contribution < 1.29 is 8.42 Å². The Morgan fingerprint density at radius 3 is 2.61 bits per heavy atom. The average Bonchev–Trinajstić information content (AvgIpc) is 2.82. The van der Waals surface area contributed by atoms with Gasteiger partial charge in [0.2, 0.25) is 16.0 Å². The van der Waals surface area contributed by atoms with E-state index in [1.807, 2.05) is 16.8 Å². The van der Waals surface area contributed by atoms with Gasteiger partial charge in [0.1, 0.15) is 4.90 Å². The minimum absolute atomic E-state index is 0.0365. The molecule has 6 nitrogen and oxygen atoms in total. The maximum atomic E-state index is 12.2. The second-order valence-corrected chi connectivity index (χ2v) is 6.49. The molecule has 0 bridgehead atoms. The highest BCUT2D eigenvalue weighted by molar-refractivity contribution is 7.89. The number of sulfonamides is 1. The minimum atomic E-state index is -3.57. The molecule has 0 aliphatic carbocycles. The predicted molar refractivity (Wildman–Crippen MR) is 69.4 cm³/mol. The quantitative estimate of drug-likeness (QED) is 0.902. The number of rotatable bonds is 4. The first kappa shape index (κ1) is 12.9. The zero-order valence-electron chi connectivity index (χ0n) is 9.65. The van der Waals surface area contributed by atoms with Gasteiger partial charge in [-0.1, -0.05) is 0 Å². The molecule has 0 aliphatic heterocycles. The van der Waals surface area contributed by atoms with Gasteiger partial charge >= 0.3 is 0 Å². The summed E-state index contributed by atoms with van der Waals surface area (Å²) in [5.41, 5.74) is 6.27. The fraction of sp³-hybridized carbons (Fsp3) is 0.200. The van der Waals surface area contributed by atoms with Gasteiger partial charge in [-0.05, 0) is 22.4 Å². The van der Waals surface area contributed by atoms with Crippen LogP contribution in [0.4, 0.5) is 5.95 Å². The van der Waals surface area contributed by atoms with E-state index in [1.165, 1.54) is 35.1 Å². The largest absolute Gasteiger partial charge is 0.368 e. The molecule has 2 N–H and O–H groups in total. The van der Waals surface area contributed by atoms with E-state index in [1.54, 1.807) is 0 Å². The van der Waals surface area contributed by atoms with Crippen LogP contribution >= 0.6 is 11.3 Å². The first-order valence-electron chi connectivity index (χ1n) is 5.05. The van der Waals surface area contributed by atoms with E-state index in [0.717, 1.165) is 5.56 Å². The Labute approximate surface area is 109 Å². The molecule has 0 aliphatic rings. The summed E-state index contributed by atoms with van der Waals surface area (Å²) in [4.78, 5) is 7.41. The Bertz CT molecular complexity index is 608. The SMILES string of the molecule is CN(Cc1ccsc1)S(=O)(=O)c1cnc(N)nc1. The lowest BCUT2D eigenvalue weighted by atomic mass is 10.3. The van der Waals surface area contributed by atoms with Crippen molar-refractivity contribution in [1.82, 2.24) is 14.3 Å².